The van der Waals surface area contributed by atoms with Crippen molar-refractivity contribution < 1.29 is 28.6 Å². The molecule has 58 heavy (non-hydrogen) atoms. The Kier molecular flexibility index (Phi) is 45.8. The second kappa shape index (κ2) is 47.6. The van der Waals surface area contributed by atoms with E-state index in [0.717, 1.165) is 70.6 Å². The van der Waals surface area contributed by atoms with Crippen LogP contribution >= 0.6 is 0 Å². The van der Waals surface area contributed by atoms with E-state index in [1.54, 1.807) is 0 Å². The van der Waals surface area contributed by atoms with E-state index in [1.165, 1.54) is 161 Å². The van der Waals surface area contributed by atoms with Gasteiger partial charge in [0.2, 0.25) is 0 Å². The predicted octanol–water partition coefficient (Wildman–Crippen LogP) is 16.4. The molecule has 0 aromatic heterocycles. The average molecular weight is 817 g/mol. The third-order valence-corrected chi connectivity index (χ3v) is 11.2. The molecule has 0 heterocycles. The van der Waals surface area contributed by atoms with Crippen molar-refractivity contribution in [1.29, 1.82) is 0 Å². The zero-order valence-electron chi connectivity index (χ0n) is 38.8. The number of carbonyl (C=O) groups is 3. The maximum absolute atomic E-state index is 12.8. The van der Waals surface area contributed by atoms with Crippen molar-refractivity contribution in [3.8, 4) is 0 Å². The summed E-state index contributed by atoms with van der Waals surface area (Å²) < 4.78 is 16.8. The zero-order chi connectivity index (χ0) is 42.3. The third-order valence-electron chi connectivity index (χ3n) is 11.2. The first-order chi connectivity index (χ1) is 28.5. The summed E-state index contributed by atoms with van der Waals surface area (Å²) in [5.74, 6) is -0.883. The van der Waals surface area contributed by atoms with Crippen LogP contribution in [0.15, 0.2) is 24.3 Å². The number of rotatable bonds is 46. The molecule has 0 saturated heterocycles. The van der Waals surface area contributed by atoms with Gasteiger partial charge in [-0.05, 0) is 70.6 Å². The number of carbonyl (C=O) groups excluding carboxylic acids is 3. The van der Waals surface area contributed by atoms with Crippen LogP contribution in [0.2, 0.25) is 0 Å². The Balaban J connectivity index is 4.35. The highest BCUT2D eigenvalue weighted by molar-refractivity contribution is 5.71. The van der Waals surface area contributed by atoms with Gasteiger partial charge in [0.15, 0.2) is 6.10 Å². The summed E-state index contributed by atoms with van der Waals surface area (Å²) in [6.07, 6.45) is 53.0. The Morgan fingerprint density at radius 1 is 0.328 bits per heavy atom. The van der Waals surface area contributed by atoms with Crippen molar-refractivity contribution >= 4 is 17.9 Å². The van der Waals surface area contributed by atoms with Crippen LogP contribution in [-0.4, -0.2) is 37.2 Å². The molecule has 0 rings (SSSR count). The molecular formula is C52H96O6. The number of esters is 3. The molecule has 0 amide bonds. The van der Waals surface area contributed by atoms with Gasteiger partial charge in [-0.1, -0.05) is 206 Å². The van der Waals surface area contributed by atoms with E-state index in [9.17, 15) is 14.4 Å². The SMILES string of the molecule is CCCCCCCC/C=C\CCCCCCCC(=O)OCC(COC(=O)CCCCCCCCCCCC)OC(=O)CCCCCCC/C=C\CCCCCCCC. The van der Waals surface area contributed by atoms with Gasteiger partial charge in [-0.15, -0.1) is 0 Å². The summed E-state index contributed by atoms with van der Waals surface area (Å²) in [5.41, 5.74) is 0. The van der Waals surface area contributed by atoms with Crippen LogP contribution in [0.4, 0.5) is 0 Å². The average Bonchev–Trinajstić information content (AvgIpc) is 3.22. The lowest BCUT2D eigenvalue weighted by atomic mass is 10.1. The fourth-order valence-corrected chi connectivity index (χ4v) is 7.31. The van der Waals surface area contributed by atoms with Crippen molar-refractivity contribution in [1.82, 2.24) is 0 Å². The van der Waals surface area contributed by atoms with Crippen LogP contribution in [0.3, 0.4) is 0 Å². The molecule has 0 bridgehead atoms. The summed E-state index contributed by atoms with van der Waals surface area (Å²) in [6.45, 7) is 6.62. The monoisotopic (exact) mass is 817 g/mol. The van der Waals surface area contributed by atoms with E-state index in [4.69, 9.17) is 14.2 Å². The van der Waals surface area contributed by atoms with Crippen LogP contribution in [0.1, 0.15) is 271 Å². The van der Waals surface area contributed by atoms with Gasteiger partial charge >= 0.3 is 17.9 Å². The first kappa shape index (κ1) is 55.9. The largest absolute Gasteiger partial charge is 0.462 e. The molecule has 0 spiro atoms. The third kappa shape index (κ3) is 45.0. The Morgan fingerprint density at radius 2 is 0.569 bits per heavy atom. The summed E-state index contributed by atoms with van der Waals surface area (Å²) in [6, 6.07) is 0. The number of ether oxygens (including phenoxy) is 3. The number of allylic oxidation sites excluding steroid dienone is 4. The van der Waals surface area contributed by atoms with Crippen LogP contribution in [-0.2, 0) is 28.6 Å². The Morgan fingerprint density at radius 3 is 0.862 bits per heavy atom. The lowest BCUT2D eigenvalue weighted by Gasteiger charge is -2.18. The molecule has 0 fully saturated rings. The zero-order valence-corrected chi connectivity index (χ0v) is 38.8. The first-order valence-corrected chi connectivity index (χ1v) is 25.3. The first-order valence-electron chi connectivity index (χ1n) is 25.3. The molecule has 0 aliphatic rings. The standard InChI is InChI=1S/C52H96O6/c1-4-7-10-13-16-19-22-24-26-28-30-33-36-39-42-45-51(54)57-48-49(47-56-50(53)44-41-38-35-32-21-18-15-12-9-6-3)58-52(55)46-43-40-37-34-31-29-27-25-23-20-17-14-11-8-5-2/h24-27,49H,4-23,28-48H2,1-3H3/b26-24-,27-25-. The summed E-state index contributed by atoms with van der Waals surface area (Å²) >= 11 is 0. The number of unbranched alkanes of at least 4 members (excludes halogenated alkanes) is 31. The minimum absolute atomic E-state index is 0.0740. The van der Waals surface area contributed by atoms with Crippen molar-refractivity contribution in [2.75, 3.05) is 13.2 Å². The van der Waals surface area contributed by atoms with Gasteiger partial charge < -0.3 is 14.2 Å². The topological polar surface area (TPSA) is 78.9 Å². The molecule has 0 radical (unpaired) electrons. The fraction of sp³-hybridized carbons (Fsp3) is 0.865. The molecule has 6 nitrogen and oxygen atoms in total. The minimum atomic E-state index is -0.773. The van der Waals surface area contributed by atoms with Crippen molar-refractivity contribution in [3.63, 3.8) is 0 Å². The summed E-state index contributed by atoms with van der Waals surface area (Å²) in [4.78, 5) is 37.9. The highest BCUT2D eigenvalue weighted by atomic mass is 16.6. The molecule has 1 atom stereocenters. The van der Waals surface area contributed by atoms with Gasteiger partial charge in [0.25, 0.3) is 0 Å². The second-order valence-corrected chi connectivity index (χ2v) is 17.1. The van der Waals surface area contributed by atoms with E-state index >= 15 is 0 Å². The van der Waals surface area contributed by atoms with E-state index in [1.807, 2.05) is 0 Å². The van der Waals surface area contributed by atoms with E-state index < -0.39 is 6.10 Å². The molecule has 0 saturated carbocycles. The van der Waals surface area contributed by atoms with Gasteiger partial charge in [-0.25, -0.2) is 0 Å². The number of hydrogen-bond acceptors (Lipinski definition) is 6. The van der Waals surface area contributed by atoms with E-state index in [2.05, 4.69) is 45.1 Å². The fourth-order valence-electron chi connectivity index (χ4n) is 7.31. The minimum Gasteiger partial charge on any atom is -0.462 e. The molecule has 6 heteroatoms. The van der Waals surface area contributed by atoms with E-state index in [0.29, 0.717) is 19.3 Å². The Hall–Kier alpha value is -2.11. The maximum Gasteiger partial charge on any atom is 0.306 e. The van der Waals surface area contributed by atoms with E-state index in [-0.39, 0.29) is 31.1 Å². The predicted molar refractivity (Wildman–Crippen MR) is 247 cm³/mol. The van der Waals surface area contributed by atoms with Crippen molar-refractivity contribution in [2.24, 2.45) is 0 Å². The van der Waals surface area contributed by atoms with Gasteiger partial charge in [-0.3, -0.25) is 14.4 Å². The van der Waals surface area contributed by atoms with Gasteiger partial charge in [-0.2, -0.15) is 0 Å². The smallest absolute Gasteiger partial charge is 0.306 e. The van der Waals surface area contributed by atoms with Crippen LogP contribution in [0.5, 0.6) is 0 Å². The number of hydrogen-bond donors (Lipinski definition) is 0. The molecule has 0 N–H and O–H groups in total. The lowest BCUT2D eigenvalue weighted by Crippen LogP contribution is -2.30. The van der Waals surface area contributed by atoms with Gasteiger partial charge in [0.05, 0.1) is 0 Å². The second-order valence-electron chi connectivity index (χ2n) is 17.1. The molecule has 0 aromatic carbocycles. The van der Waals surface area contributed by atoms with Crippen LogP contribution < -0.4 is 0 Å². The molecule has 1 unspecified atom stereocenters. The summed E-state index contributed by atoms with van der Waals surface area (Å²) in [7, 11) is 0. The molecule has 0 aliphatic carbocycles. The summed E-state index contributed by atoms with van der Waals surface area (Å²) in [5, 5.41) is 0. The van der Waals surface area contributed by atoms with Crippen LogP contribution in [0.25, 0.3) is 0 Å². The van der Waals surface area contributed by atoms with Crippen molar-refractivity contribution in [3.05, 3.63) is 24.3 Å². The van der Waals surface area contributed by atoms with Gasteiger partial charge in [0, 0.05) is 19.3 Å². The van der Waals surface area contributed by atoms with Gasteiger partial charge in [0.1, 0.15) is 13.2 Å². The Bertz CT molecular complexity index is 942. The molecule has 340 valence electrons. The molecular weight excluding hydrogens is 721 g/mol. The lowest BCUT2D eigenvalue weighted by molar-refractivity contribution is -0.167. The quantitative estimate of drug-likeness (QED) is 0.0263. The maximum atomic E-state index is 12.8. The van der Waals surface area contributed by atoms with Crippen LogP contribution in [0, 0.1) is 0 Å². The molecule has 0 aliphatic heterocycles. The van der Waals surface area contributed by atoms with Crippen molar-refractivity contribution in [2.45, 2.75) is 277 Å². The highest BCUT2D eigenvalue weighted by Gasteiger charge is 2.19. The normalized spacial score (nSPS) is 12.1. The highest BCUT2D eigenvalue weighted by Crippen LogP contribution is 2.15. The Labute approximate surface area is 360 Å². The molecule has 0 aromatic rings.